The van der Waals surface area contributed by atoms with E-state index in [1.165, 1.54) is 12.1 Å². The quantitative estimate of drug-likeness (QED) is 0.820. The van der Waals surface area contributed by atoms with E-state index in [0.717, 1.165) is 11.1 Å². The van der Waals surface area contributed by atoms with Crippen LogP contribution in [0.4, 0.5) is 4.39 Å². The summed E-state index contributed by atoms with van der Waals surface area (Å²) in [6, 6.07) is 11.3. The second kappa shape index (κ2) is 7.61. The van der Waals surface area contributed by atoms with Crippen LogP contribution in [0.2, 0.25) is 10.0 Å². The maximum absolute atomic E-state index is 12.9. The maximum Gasteiger partial charge on any atom is 0.220 e. The van der Waals surface area contributed by atoms with E-state index in [1.54, 1.807) is 24.3 Å². The van der Waals surface area contributed by atoms with Crippen molar-refractivity contribution in [2.45, 2.75) is 25.8 Å². The highest BCUT2D eigenvalue weighted by molar-refractivity contribution is 6.42. The fourth-order valence-electron chi connectivity index (χ4n) is 2.10. The van der Waals surface area contributed by atoms with Gasteiger partial charge in [0.25, 0.3) is 0 Å². The number of halogens is 3. The van der Waals surface area contributed by atoms with Gasteiger partial charge in [-0.05, 0) is 48.7 Å². The minimum atomic E-state index is -0.290. The molecule has 0 heterocycles. The third-order valence-corrected chi connectivity index (χ3v) is 4.11. The fourth-order valence-corrected chi connectivity index (χ4v) is 2.42. The molecule has 0 aliphatic heterocycles. The van der Waals surface area contributed by atoms with Gasteiger partial charge in [0.1, 0.15) is 5.82 Å². The average molecular weight is 340 g/mol. The summed E-state index contributed by atoms with van der Waals surface area (Å²) in [6.07, 6.45) is 0.933. The molecule has 0 saturated heterocycles. The number of carbonyl (C=O) groups is 1. The van der Waals surface area contributed by atoms with Crippen molar-refractivity contribution in [1.82, 2.24) is 5.32 Å². The number of carbonyl (C=O) groups excluding carboxylic acids is 1. The summed E-state index contributed by atoms with van der Waals surface area (Å²) >= 11 is 11.8. The molecule has 0 spiro atoms. The van der Waals surface area contributed by atoms with Crippen LogP contribution in [-0.2, 0) is 11.2 Å². The van der Waals surface area contributed by atoms with Gasteiger partial charge in [0, 0.05) is 6.42 Å². The highest BCUT2D eigenvalue weighted by atomic mass is 35.5. The summed E-state index contributed by atoms with van der Waals surface area (Å²) in [4.78, 5) is 12.0. The molecule has 22 heavy (non-hydrogen) atoms. The molecule has 0 aliphatic carbocycles. The Labute approximate surface area is 139 Å². The lowest BCUT2D eigenvalue weighted by Gasteiger charge is -2.14. The largest absolute Gasteiger partial charge is 0.350 e. The molecule has 0 aromatic heterocycles. The fraction of sp³-hybridized carbons (Fsp3) is 0.235. The Kier molecular flexibility index (Phi) is 5.81. The average Bonchev–Trinajstić information content (AvgIpc) is 2.49. The van der Waals surface area contributed by atoms with Crippen molar-refractivity contribution in [2.75, 3.05) is 0 Å². The van der Waals surface area contributed by atoms with E-state index in [1.807, 2.05) is 13.0 Å². The second-order valence-electron chi connectivity index (χ2n) is 5.09. The van der Waals surface area contributed by atoms with Crippen molar-refractivity contribution in [2.24, 2.45) is 0 Å². The van der Waals surface area contributed by atoms with E-state index in [2.05, 4.69) is 5.32 Å². The van der Waals surface area contributed by atoms with Crippen molar-refractivity contribution in [3.8, 4) is 0 Å². The first-order chi connectivity index (χ1) is 10.5. The number of nitrogens with one attached hydrogen (secondary N) is 1. The smallest absolute Gasteiger partial charge is 0.220 e. The lowest BCUT2D eigenvalue weighted by Crippen LogP contribution is -2.26. The molecule has 2 aromatic rings. The summed E-state index contributed by atoms with van der Waals surface area (Å²) in [5.74, 6) is -0.357. The number of hydrogen-bond acceptors (Lipinski definition) is 1. The van der Waals surface area contributed by atoms with Gasteiger partial charge in [-0.2, -0.15) is 0 Å². The number of rotatable bonds is 5. The molecule has 5 heteroatoms. The van der Waals surface area contributed by atoms with Crippen LogP contribution in [0, 0.1) is 5.82 Å². The van der Waals surface area contributed by atoms with Gasteiger partial charge < -0.3 is 5.32 Å². The molecule has 2 aromatic carbocycles. The van der Waals surface area contributed by atoms with Crippen LogP contribution in [0.15, 0.2) is 42.5 Å². The zero-order valence-electron chi connectivity index (χ0n) is 12.1. The third kappa shape index (κ3) is 4.72. The van der Waals surface area contributed by atoms with Gasteiger partial charge in [-0.25, -0.2) is 4.39 Å². The van der Waals surface area contributed by atoms with E-state index < -0.39 is 0 Å². The molecular formula is C17H16Cl2FNO. The van der Waals surface area contributed by atoms with Gasteiger partial charge in [0.2, 0.25) is 5.91 Å². The van der Waals surface area contributed by atoms with Gasteiger partial charge in [-0.3, -0.25) is 4.79 Å². The summed E-state index contributed by atoms with van der Waals surface area (Å²) in [5, 5.41) is 3.88. The van der Waals surface area contributed by atoms with Gasteiger partial charge >= 0.3 is 0 Å². The molecule has 0 radical (unpaired) electrons. The molecule has 0 fully saturated rings. The first kappa shape index (κ1) is 16.8. The lowest BCUT2D eigenvalue weighted by molar-refractivity contribution is -0.121. The zero-order chi connectivity index (χ0) is 16.1. The summed E-state index contributed by atoms with van der Waals surface area (Å²) < 4.78 is 12.9. The van der Waals surface area contributed by atoms with Crippen LogP contribution >= 0.6 is 23.2 Å². The van der Waals surface area contributed by atoms with Crippen molar-refractivity contribution >= 4 is 29.1 Å². The van der Waals surface area contributed by atoms with Crippen LogP contribution < -0.4 is 5.32 Å². The minimum Gasteiger partial charge on any atom is -0.350 e. The van der Waals surface area contributed by atoms with Crippen molar-refractivity contribution in [3.05, 3.63) is 69.5 Å². The molecule has 116 valence electrons. The van der Waals surface area contributed by atoms with Gasteiger partial charge in [-0.1, -0.05) is 41.4 Å². The molecule has 0 bridgehead atoms. The minimum absolute atomic E-state index is 0.0668. The van der Waals surface area contributed by atoms with Crippen molar-refractivity contribution in [1.29, 1.82) is 0 Å². The summed E-state index contributed by atoms with van der Waals surface area (Å²) in [5.41, 5.74) is 1.82. The van der Waals surface area contributed by atoms with Gasteiger partial charge in [0.15, 0.2) is 0 Å². The highest BCUT2D eigenvalue weighted by Crippen LogP contribution is 2.23. The first-order valence-corrected chi connectivity index (χ1v) is 7.70. The molecule has 0 unspecified atom stereocenters. The van der Waals surface area contributed by atoms with Gasteiger partial charge in [0.05, 0.1) is 16.1 Å². The van der Waals surface area contributed by atoms with E-state index in [4.69, 9.17) is 23.2 Å². The van der Waals surface area contributed by atoms with E-state index in [9.17, 15) is 9.18 Å². The SMILES string of the molecule is C[C@H](NC(=O)CCc1ccc(Cl)c(Cl)c1)c1ccc(F)cc1. The molecular weight excluding hydrogens is 324 g/mol. The number of aryl methyl sites for hydroxylation is 1. The topological polar surface area (TPSA) is 29.1 Å². The summed E-state index contributed by atoms with van der Waals surface area (Å²) in [6.45, 7) is 1.87. The second-order valence-corrected chi connectivity index (χ2v) is 5.90. The predicted molar refractivity (Wildman–Crippen MR) is 87.7 cm³/mol. The summed E-state index contributed by atoms with van der Waals surface area (Å²) in [7, 11) is 0. The molecule has 2 rings (SSSR count). The number of amides is 1. The Morgan fingerprint density at radius 2 is 1.82 bits per heavy atom. The van der Waals surface area contributed by atoms with E-state index in [0.29, 0.717) is 22.9 Å². The first-order valence-electron chi connectivity index (χ1n) is 6.94. The Hall–Kier alpha value is -1.58. The Balaban J connectivity index is 1.87. The number of hydrogen-bond donors (Lipinski definition) is 1. The highest BCUT2D eigenvalue weighted by Gasteiger charge is 2.10. The van der Waals surface area contributed by atoms with E-state index >= 15 is 0 Å². The number of benzene rings is 2. The predicted octanol–water partition coefficient (Wildman–Crippen LogP) is 4.94. The van der Waals surface area contributed by atoms with Crippen LogP contribution in [0.5, 0.6) is 0 Å². The molecule has 0 aliphatic rings. The van der Waals surface area contributed by atoms with Crippen LogP contribution in [0.25, 0.3) is 0 Å². The molecule has 1 atom stereocenters. The zero-order valence-corrected chi connectivity index (χ0v) is 13.6. The van der Waals surface area contributed by atoms with Gasteiger partial charge in [-0.15, -0.1) is 0 Å². The lowest BCUT2D eigenvalue weighted by atomic mass is 10.1. The van der Waals surface area contributed by atoms with Crippen LogP contribution in [0.3, 0.4) is 0 Å². The molecule has 2 nitrogen and oxygen atoms in total. The van der Waals surface area contributed by atoms with Crippen molar-refractivity contribution < 1.29 is 9.18 Å². The maximum atomic E-state index is 12.9. The molecule has 0 saturated carbocycles. The third-order valence-electron chi connectivity index (χ3n) is 3.37. The Bertz CT molecular complexity index is 658. The standard InChI is InChI=1S/C17H16Cl2FNO/c1-11(13-4-6-14(20)7-5-13)21-17(22)9-3-12-2-8-15(18)16(19)10-12/h2,4-8,10-11H,3,9H2,1H3,(H,21,22)/t11-/m0/s1. The Morgan fingerprint density at radius 1 is 1.14 bits per heavy atom. The van der Waals surface area contributed by atoms with Crippen molar-refractivity contribution in [3.63, 3.8) is 0 Å². The molecule has 1 N–H and O–H groups in total. The monoisotopic (exact) mass is 339 g/mol. The normalized spacial score (nSPS) is 12.0. The van der Waals surface area contributed by atoms with Crippen LogP contribution in [-0.4, -0.2) is 5.91 Å². The van der Waals surface area contributed by atoms with E-state index in [-0.39, 0.29) is 17.8 Å². The Morgan fingerprint density at radius 3 is 2.45 bits per heavy atom. The molecule has 1 amide bonds. The van der Waals surface area contributed by atoms with Crippen LogP contribution in [0.1, 0.15) is 30.5 Å².